The zero-order chi connectivity index (χ0) is 14.7. The molecule has 3 aliphatic rings. The van der Waals surface area contributed by atoms with Crippen LogP contribution in [-0.4, -0.2) is 67.2 Å². The van der Waals surface area contributed by atoms with Crippen molar-refractivity contribution in [2.45, 2.75) is 51.2 Å². The van der Waals surface area contributed by atoms with Crippen molar-refractivity contribution in [1.82, 2.24) is 9.80 Å². The third-order valence-corrected chi connectivity index (χ3v) is 5.15. The predicted molar refractivity (Wildman–Crippen MR) is 85.4 cm³/mol. The molecule has 0 bridgehead atoms. The van der Waals surface area contributed by atoms with Crippen LogP contribution in [0.25, 0.3) is 0 Å². The van der Waals surface area contributed by atoms with Crippen molar-refractivity contribution >= 4 is 5.96 Å². The van der Waals surface area contributed by atoms with Crippen molar-refractivity contribution in [3.8, 4) is 0 Å². The number of aliphatic imine (C=N–C) groups is 1. The minimum atomic E-state index is 0.222. The number of piperidine rings is 2. The van der Waals surface area contributed by atoms with Crippen LogP contribution in [0.1, 0.15) is 39.0 Å². The van der Waals surface area contributed by atoms with E-state index in [2.05, 4.69) is 21.7 Å². The highest BCUT2D eigenvalue weighted by molar-refractivity contribution is 5.78. The van der Waals surface area contributed by atoms with E-state index in [9.17, 15) is 0 Å². The van der Waals surface area contributed by atoms with Gasteiger partial charge in [-0.2, -0.15) is 0 Å². The molecule has 3 fully saturated rings. The molecule has 0 aromatic heterocycles. The molecule has 3 heterocycles. The summed E-state index contributed by atoms with van der Waals surface area (Å²) in [5, 5.41) is 0. The Morgan fingerprint density at radius 1 is 1.19 bits per heavy atom. The second-order valence-electron chi connectivity index (χ2n) is 6.99. The summed E-state index contributed by atoms with van der Waals surface area (Å²) in [7, 11) is 0. The first kappa shape index (κ1) is 15.1. The summed E-state index contributed by atoms with van der Waals surface area (Å²) in [6, 6.07) is 0.652. The maximum Gasteiger partial charge on any atom is 0.191 e. The highest BCUT2D eigenvalue weighted by atomic mass is 16.5. The first-order valence-electron chi connectivity index (χ1n) is 8.63. The minimum Gasteiger partial charge on any atom is -0.373 e. The van der Waals surface area contributed by atoms with Gasteiger partial charge in [-0.15, -0.1) is 0 Å². The maximum absolute atomic E-state index is 6.17. The van der Waals surface area contributed by atoms with E-state index in [1.165, 1.54) is 38.6 Å². The Balaban J connectivity index is 1.48. The predicted octanol–water partition coefficient (Wildman–Crippen LogP) is 1.29. The van der Waals surface area contributed by atoms with Crippen molar-refractivity contribution in [2.24, 2.45) is 16.6 Å². The standard InChI is InChI=1S/C16H30N4O/c1-13-5-4-8-20(10-13)16(17)18-9-15-11-19-7-3-2-6-14(19)12-21-15/h13-15H,2-12H2,1H3,(H2,17,18)/t13-,14+,15+/m0/s1. The zero-order valence-corrected chi connectivity index (χ0v) is 13.3. The molecule has 5 nitrogen and oxygen atoms in total. The number of morpholine rings is 1. The van der Waals surface area contributed by atoms with E-state index in [4.69, 9.17) is 10.5 Å². The number of rotatable bonds is 2. The van der Waals surface area contributed by atoms with Crippen LogP contribution in [0.2, 0.25) is 0 Å². The van der Waals surface area contributed by atoms with Crippen LogP contribution in [0.4, 0.5) is 0 Å². The van der Waals surface area contributed by atoms with Crippen molar-refractivity contribution in [1.29, 1.82) is 0 Å². The third kappa shape index (κ3) is 3.89. The fourth-order valence-electron chi connectivity index (χ4n) is 3.85. The van der Waals surface area contributed by atoms with E-state index < -0.39 is 0 Å². The van der Waals surface area contributed by atoms with Crippen LogP contribution in [0, 0.1) is 5.92 Å². The lowest BCUT2D eigenvalue weighted by Gasteiger charge is -2.42. The molecule has 3 aliphatic heterocycles. The first-order chi connectivity index (χ1) is 10.2. The van der Waals surface area contributed by atoms with Crippen molar-refractivity contribution in [2.75, 3.05) is 39.3 Å². The normalized spacial score (nSPS) is 35.6. The third-order valence-electron chi connectivity index (χ3n) is 5.15. The van der Waals surface area contributed by atoms with Gasteiger partial charge in [-0.1, -0.05) is 13.3 Å². The van der Waals surface area contributed by atoms with Crippen LogP contribution in [-0.2, 0) is 4.74 Å². The van der Waals surface area contributed by atoms with E-state index in [1.54, 1.807) is 0 Å². The van der Waals surface area contributed by atoms with Gasteiger partial charge in [0.15, 0.2) is 5.96 Å². The fraction of sp³-hybridized carbons (Fsp3) is 0.938. The Labute approximate surface area is 128 Å². The number of hydrogen-bond donors (Lipinski definition) is 1. The lowest BCUT2D eigenvalue weighted by Crippen LogP contribution is -2.52. The molecule has 5 heteroatoms. The van der Waals surface area contributed by atoms with Gasteiger partial charge in [-0.25, -0.2) is 0 Å². The highest BCUT2D eigenvalue weighted by Crippen LogP contribution is 2.22. The van der Waals surface area contributed by atoms with Gasteiger partial charge in [0.05, 0.1) is 19.3 Å². The number of nitrogens with two attached hydrogens (primary N) is 1. The van der Waals surface area contributed by atoms with E-state index >= 15 is 0 Å². The second-order valence-corrected chi connectivity index (χ2v) is 6.99. The number of ether oxygens (including phenoxy) is 1. The van der Waals surface area contributed by atoms with Crippen molar-refractivity contribution < 1.29 is 4.74 Å². The van der Waals surface area contributed by atoms with Gasteiger partial charge in [0.1, 0.15) is 0 Å². The molecule has 3 atom stereocenters. The maximum atomic E-state index is 6.17. The van der Waals surface area contributed by atoms with Crippen molar-refractivity contribution in [3.63, 3.8) is 0 Å². The number of guanidine groups is 1. The lowest BCUT2D eigenvalue weighted by atomic mass is 10.0. The van der Waals surface area contributed by atoms with E-state index in [0.717, 1.165) is 32.2 Å². The Hall–Kier alpha value is -0.810. The summed E-state index contributed by atoms with van der Waals surface area (Å²) < 4.78 is 5.98. The van der Waals surface area contributed by atoms with E-state index in [-0.39, 0.29) is 6.10 Å². The topological polar surface area (TPSA) is 54.1 Å². The van der Waals surface area contributed by atoms with Gasteiger partial charge in [0.2, 0.25) is 0 Å². The molecule has 0 saturated carbocycles. The number of nitrogens with zero attached hydrogens (tertiary/aromatic N) is 3. The van der Waals surface area contributed by atoms with Gasteiger partial charge < -0.3 is 15.4 Å². The Bertz CT molecular complexity index is 373. The van der Waals surface area contributed by atoms with Gasteiger partial charge in [-0.3, -0.25) is 9.89 Å². The molecule has 0 aromatic carbocycles. The molecule has 21 heavy (non-hydrogen) atoms. The molecular weight excluding hydrogens is 264 g/mol. The zero-order valence-electron chi connectivity index (χ0n) is 13.3. The van der Waals surface area contributed by atoms with Crippen molar-refractivity contribution in [3.05, 3.63) is 0 Å². The summed E-state index contributed by atoms with van der Waals surface area (Å²) in [6.45, 7) is 8.24. The fourth-order valence-corrected chi connectivity index (χ4v) is 3.85. The summed E-state index contributed by atoms with van der Waals surface area (Å²) in [4.78, 5) is 9.44. The monoisotopic (exact) mass is 294 g/mol. The van der Waals surface area contributed by atoms with Gasteiger partial charge in [-0.05, 0) is 38.1 Å². The Morgan fingerprint density at radius 2 is 2.10 bits per heavy atom. The molecule has 0 aromatic rings. The smallest absolute Gasteiger partial charge is 0.191 e. The molecule has 0 amide bonds. The minimum absolute atomic E-state index is 0.222. The highest BCUT2D eigenvalue weighted by Gasteiger charge is 2.30. The van der Waals surface area contributed by atoms with E-state index in [0.29, 0.717) is 18.5 Å². The largest absolute Gasteiger partial charge is 0.373 e. The quantitative estimate of drug-likeness (QED) is 0.616. The van der Waals surface area contributed by atoms with Gasteiger partial charge in [0.25, 0.3) is 0 Å². The average Bonchev–Trinajstić information content (AvgIpc) is 2.52. The average molecular weight is 294 g/mol. The Kier molecular flexibility index (Phi) is 5.01. The SMILES string of the molecule is C[C@H]1CCCN(C(N)=NC[C@@H]2CN3CCCC[C@@H]3CO2)C1. The number of hydrogen-bond acceptors (Lipinski definition) is 3. The van der Waals surface area contributed by atoms with Gasteiger partial charge in [0, 0.05) is 25.7 Å². The summed E-state index contributed by atoms with van der Waals surface area (Å²) in [5.74, 6) is 1.44. The van der Waals surface area contributed by atoms with Gasteiger partial charge >= 0.3 is 0 Å². The summed E-state index contributed by atoms with van der Waals surface area (Å²) in [5.41, 5.74) is 6.17. The first-order valence-corrected chi connectivity index (χ1v) is 8.63. The second kappa shape index (κ2) is 6.97. The number of likely N-dealkylation sites (tertiary alicyclic amines) is 1. The molecule has 0 aliphatic carbocycles. The van der Waals surface area contributed by atoms with Crippen LogP contribution < -0.4 is 5.73 Å². The molecule has 0 radical (unpaired) electrons. The van der Waals surface area contributed by atoms with Crippen LogP contribution in [0.5, 0.6) is 0 Å². The van der Waals surface area contributed by atoms with Crippen LogP contribution >= 0.6 is 0 Å². The molecule has 0 spiro atoms. The molecule has 3 rings (SSSR count). The van der Waals surface area contributed by atoms with E-state index in [1.807, 2.05) is 0 Å². The summed E-state index contributed by atoms with van der Waals surface area (Å²) >= 11 is 0. The molecular formula is C16H30N4O. The van der Waals surface area contributed by atoms with Crippen LogP contribution in [0.15, 0.2) is 4.99 Å². The molecule has 3 saturated heterocycles. The lowest BCUT2D eigenvalue weighted by molar-refractivity contribution is -0.0703. The molecule has 0 unspecified atom stereocenters. The Morgan fingerprint density at radius 3 is 2.95 bits per heavy atom. The molecule has 2 N–H and O–H groups in total. The number of fused-ring (bicyclic) bond motifs is 1. The molecule has 120 valence electrons. The van der Waals surface area contributed by atoms with Crippen LogP contribution in [0.3, 0.4) is 0 Å². The summed E-state index contributed by atoms with van der Waals surface area (Å²) in [6.07, 6.45) is 6.75.